The summed E-state index contributed by atoms with van der Waals surface area (Å²) in [5.74, 6) is 0.365. The van der Waals surface area contributed by atoms with Gasteiger partial charge in [-0.25, -0.2) is 8.42 Å². The Kier molecular flexibility index (Phi) is 5.61. The van der Waals surface area contributed by atoms with Crippen LogP contribution >= 0.6 is 0 Å². The van der Waals surface area contributed by atoms with E-state index in [4.69, 9.17) is 10.5 Å². The zero-order chi connectivity index (χ0) is 15.3. The molecule has 0 amide bonds. The van der Waals surface area contributed by atoms with Gasteiger partial charge >= 0.3 is 0 Å². The van der Waals surface area contributed by atoms with Gasteiger partial charge in [-0.2, -0.15) is 0 Å². The van der Waals surface area contributed by atoms with Crippen molar-refractivity contribution in [2.24, 2.45) is 5.73 Å². The lowest BCUT2D eigenvalue weighted by molar-refractivity contribution is 0.124. The van der Waals surface area contributed by atoms with Gasteiger partial charge in [-0.15, -0.1) is 0 Å². The maximum atomic E-state index is 12.1. The summed E-state index contributed by atoms with van der Waals surface area (Å²) in [6.45, 7) is 0.385. The van der Waals surface area contributed by atoms with Gasteiger partial charge in [-0.05, 0) is 30.5 Å². The predicted molar refractivity (Wildman–Crippen MR) is 81.9 cm³/mol. The van der Waals surface area contributed by atoms with Crippen LogP contribution in [-0.2, 0) is 16.4 Å². The fourth-order valence-corrected chi connectivity index (χ4v) is 4.61. The van der Waals surface area contributed by atoms with Gasteiger partial charge in [0.1, 0.15) is 18.5 Å². The van der Waals surface area contributed by atoms with Gasteiger partial charge in [0.05, 0.1) is 11.0 Å². The lowest BCUT2D eigenvalue weighted by Crippen LogP contribution is -2.32. The largest absolute Gasteiger partial charge is 0.491 e. The highest BCUT2D eigenvalue weighted by molar-refractivity contribution is 7.92. The number of hydrogen-bond donors (Lipinski definition) is 2. The maximum Gasteiger partial charge on any atom is 0.155 e. The van der Waals surface area contributed by atoms with E-state index < -0.39 is 15.9 Å². The molecule has 0 aromatic heterocycles. The molecule has 1 unspecified atom stereocenters. The second kappa shape index (κ2) is 7.24. The van der Waals surface area contributed by atoms with E-state index >= 15 is 0 Å². The predicted octanol–water partition coefficient (Wildman–Crippen LogP) is 1.24. The first-order chi connectivity index (χ1) is 10.0. The molecular formula is C15H23NO4S. The number of hydrogen-bond acceptors (Lipinski definition) is 5. The first-order valence-electron chi connectivity index (χ1n) is 7.32. The smallest absolute Gasteiger partial charge is 0.155 e. The highest BCUT2D eigenvalue weighted by Crippen LogP contribution is 2.25. The van der Waals surface area contributed by atoms with Crippen LogP contribution in [0.25, 0.3) is 0 Å². The second-order valence-corrected chi connectivity index (χ2v) is 7.88. The molecule has 1 atom stereocenters. The quantitative estimate of drug-likeness (QED) is 0.790. The van der Waals surface area contributed by atoms with Crippen LogP contribution in [0.15, 0.2) is 24.3 Å². The van der Waals surface area contributed by atoms with Gasteiger partial charge in [0.2, 0.25) is 0 Å². The van der Waals surface area contributed by atoms with Crippen LogP contribution < -0.4 is 10.5 Å². The molecule has 0 spiro atoms. The molecule has 0 radical (unpaired) electrons. The third-order valence-corrected chi connectivity index (χ3v) is 6.15. The van der Waals surface area contributed by atoms with Crippen LogP contribution in [0.4, 0.5) is 0 Å². The molecule has 0 heterocycles. The molecule has 3 N–H and O–H groups in total. The van der Waals surface area contributed by atoms with Crippen LogP contribution in [0.1, 0.15) is 31.2 Å². The summed E-state index contributed by atoms with van der Waals surface area (Å²) in [4.78, 5) is 0. The molecule has 0 aliphatic heterocycles. The molecule has 0 bridgehead atoms. The standard InChI is InChI=1S/C15H23NO4S/c16-9-12-4-3-5-14(8-12)20-10-13(17)11-21(18,19)15-6-1-2-7-15/h3-5,8,13,15,17H,1-2,6-7,9-11,16H2. The highest BCUT2D eigenvalue weighted by Gasteiger charge is 2.30. The Morgan fingerprint density at radius 1 is 1.33 bits per heavy atom. The molecule has 1 aliphatic carbocycles. The number of ether oxygens (including phenoxy) is 1. The Bertz CT molecular complexity index is 553. The van der Waals surface area contributed by atoms with Crippen LogP contribution in [0, 0.1) is 0 Å². The second-order valence-electron chi connectivity index (χ2n) is 5.55. The Hall–Kier alpha value is -1.11. The first-order valence-corrected chi connectivity index (χ1v) is 9.04. The van der Waals surface area contributed by atoms with E-state index in [1.165, 1.54) is 0 Å². The van der Waals surface area contributed by atoms with Crippen LogP contribution in [-0.4, -0.2) is 37.2 Å². The number of rotatable bonds is 7. The number of benzene rings is 1. The maximum absolute atomic E-state index is 12.1. The van der Waals surface area contributed by atoms with Crippen molar-refractivity contribution in [1.82, 2.24) is 0 Å². The molecule has 6 heteroatoms. The summed E-state index contributed by atoms with van der Waals surface area (Å²) in [7, 11) is -3.23. The topological polar surface area (TPSA) is 89.6 Å². The van der Waals surface area contributed by atoms with Crippen LogP contribution in [0.2, 0.25) is 0 Å². The summed E-state index contributed by atoms with van der Waals surface area (Å²) in [6.07, 6.45) is 2.35. The van der Waals surface area contributed by atoms with Crippen molar-refractivity contribution >= 4 is 9.84 Å². The summed E-state index contributed by atoms with van der Waals surface area (Å²) >= 11 is 0. The molecule has 0 saturated heterocycles. The fourth-order valence-electron chi connectivity index (χ4n) is 2.65. The van der Waals surface area contributed by atoms with E-state index in [-0.39, 0.29) is 17.6 Å². The summed E-state index contributed by atoms with van der Waals surface area (Å²) in [5, 5.41) is 9.62. The van der Waals surface area contributed by atoms with Gasteiger partial charge in [0.15, 0.2) is 9.84 Å². The number of aliphatic hydroxyl groups is 1. The fraction of sp³-hybridized carbons (Fsp3) is 0.600. The van der Waals surface area contributed by atoms with Crippen LogP contribution in [0.3, 0.4) is 0 Å². The third-order valence-electron chi connectivity index (χ3n) is 3.81. The molecule has 21 heavy (non-hydrogen) atoms. The van der Waals surface area contributed by atoms with Crippen molar-refractivity contribution in [2.45, 2.75) is 43.6 Å². The SMILES string of the molecule is NCc1cccc(OCC(O)CS(=O)(=O)C2CCCC2)c1. The zero-order valence-corrected chi connectivity index (χ0v) is 12.9. The Morgan fingerprint density at radius 3 is 2.71 bits per heavy atom. The van der Waals surface area contributed by atoms with E-state index in [0.29, 0.717) is 25.1 Å². The molecule has 5 nitrogen and oxygen atoms in total. The molecule has 1 saturated carbocycles. The number of aliphatic hydroxyl groups excluding tert-OH is 1. The third kappa shape index (κ3) is 4.69. The van der Waals surface area contributed by atoms with Gasteiger partial charge in [-0.3, -0.25) is 0 Å². The minimum Gasteiger partial charge on any atom is -0.491 e. The van der Waals surface area contributed by atoms with E-state index in [0.717, 1.165) is 18.4 Å². The van der Waals surface area contributed by atoms with Crippen molar-refractivity contribution in [2.75, 3.05) is 12.4 Å². The van der Waals surface area contributed by atoms with E-state index in [2.05, 4.69) is 0 Å². The minimum absolute atomic E-state index is 0.0278. The van der Waals surface area contributed by atoms with Crippen molar-refractivity contribution in [3.63, 3.8) is 0 Å². The lowest BCUT2D eigenvalue weighted by atomic mass is 10.2. The summed E-state index contributed by atoms with van der Waals surface area (Å²) in [5.41, 5.74) is 6.47. The Morgan fingerprint density at radius 2 is 2.05 bits per heavy atom. The van der Waals surface area contributed by atoms with Crippen molar-refractivity contribution in [3.8, 4) is 5.75 Å². The molecule has 1 aromatic rings. The number of sulfone groups is 1. The summed E-state index contributed by atoms with van der Waals surface area (Å²) in [6, 6.07) is 7.25. The van der Waals surface area contributed by atoms with Crippen molar-refractivity contribution < 1.29 is 18.3 Å². The Balaban J connectivity index is 1.85. The van der Waals surface area contributed by atoms with Gasteiger partial charge in [-0.1, -0.05) is 25.0 Å². The molecule has 1 aromatic carbocycles. The molecule has 118 valence electrons. The van der Waals surface area contributed by atoms with E-state index in [1.807, 2.05) is 12.1 Å². The van der Waals surface area contributed by atoms with Crippen molar-refractivity contribution in [1.29, 1.82) is 0 Å². The number of nitrogens with two attached hydrogens (primary N) is 1. The average molecular weight is 313 g/mol. The van der Waals surface area contributed by atoms with Gasteiger partial charge in [0, 0.05) is 6.54 Å². The minimum atomic E-state index is -3.23. The monoisotopic (exact) mass is 313 g/mol. The first kappa shape index (κ1) is 16.3. The van der Waals surface area contributed by atoms with Gasteiger partial charge in [0.25, 0.3) is 0 Å². The zero-order valence-electron chi connectivity index (χ0n) is 12.1. The van der Waals surface area contributed by atoms with Crippen LogP contribution in [0.5, 0.6) is 5.75 Å². The average Bonchev–Trinajstić information content (AvgIpc) is 3.00. The molecular weight excluding hydrogens is 290 g/mol. The Labute approximate surface area is 126 Å². The van der Waals surface area contributed by atoms with Gasteiger partial charge < -0.3 is 15.6 Å². The van der Waals surface area contributed by atoms with E-state index in [1.54, 1.807) is 12.1 Å². The molecule has 1 aliphatic rings. The summed E-state index contributed by atoms with van der Waals surface area (Å²) < 4.78 is 29.7. The normalized spacial score (nSPS) is 17.8. The molecule has 1 fully saturated rings. The molecule has 2 rings (SSSR count). The lowest BCUT2D eigenvalue weighted by Gasteiger charge is -2.16. The van der Waals surface area contributed by atoms with Crippen molar-refractivity contribution in [3.05, 3.63) is 29.8 Å². The highest BCUT2D eigenvalue weighted by atomic mass is 32.2. The van der Waals surface area contributed by atoms with E-state index in [9.17, 15) is 13.5 Å².